The smallest absolute Gasteiger partial charge is 0.317 e. The minimum Gasteiger partial charge on any atom is -0.481 e. The second kappa shape index (κ2) is 10.1. The zero-order valence-corrected chi connectivity index (χ0v) is 15.0. The Morgan fingerprint density at radius 3 is 1.65 bits per heavy atom. The first kappa shape index (κ1) is 21.9. The van der Waals surface area contributed by atoms with Gasteiger partial charge in [0.25, 0.3) is 0 Å². The van der Waals surface area contributed by atoms with Crippen molar-refractivity contribution >= 4 is 23.9 Å². The molecule has 0 bridgehead atoms. The topological polar surface area (TPSA) is 149 Å². The van der Waals surface area contributed by atoms with Crippen LogP contribution in [0.4, 0.5) is 0 Å². The normalized spacial score (nSPS) is 23.6. The molecule has 26 heavy (non-hydrogen) atoms. The summed E-state index contributed by atoms with van der Waals surface area (Å²) in [6.07, 6.45) is 4.66. The number of rotatable bonds is 10. The molecule has 0 aromatic rings. The third-order valence-electron chi connectivity index (χ3n) is 5.63. The summed E-state index contributed by atoms with van der Waals surface area (Å²) < 4.78 is 0. The van der Waals surface area contributed by atoms with Gasteiger partial charge in [-0.15, -0.1) is 0 Å². The van der Waals surface area contributed by atoms with Gasteiger partial charge in [0.15, 0.2) is 11.8 Å². The van der Waals surface area contributed by atoms with E-state index in [2.05, 4.69) is 0 Å². The van der Waals surface area contributed by atoms with E-state index in [4.69, 9.17) is 20.4 Å². The molecule has 8 heteroatoms. The maximum Gasteiger partial charge on any atom is 0.317 e. The van der Waals surface area contributed by atoms with Crippen LogP contribution < -0.4 is 0 Å². The molecule has 148 valence electrons. The van der Waals surface area contributed by atoms with Gasteiger partial charge in [0.2, 0.25) is 0 Å². The summed E-state index contributed by atoms with van der Waals surface area (Å²) in [4.78, 5) is 44.4. The molecule has 0 aliphatic heterocycles. The van der Waals surface area contributed by atoms with E-state index >= 15 is 0 Å². The molecule has 0 aromatic heterocycles. The predicted molar refractivity (Wildman–Crippen MR) is 90.6 cm³/mol. The molecule has 8 nitrogen and oxygen atoms in total. The van der Waals surface area contributed by atoms with E-state index in [9.17, 15) is 19.2 Å². The van der Waals surface area contributed by atoms with Crippen LogP contribution in [0.5, 0.6) is 0 Å². The Morgan fingerprint density at radius 1 is 0.769 bits per heavy atom. The summed E-state index contributed by atoms with van der Waals surface area (Å²) in [6.45, 7) is 2.05. The van der Waals surface area contributed by atoms with Gasteiger partial charge in [0.05, 0.1) is 0 Å². The monoisotopic (exact) mass is 372 g/mol. The lowest BCUT2D eigenvalue weighted by molar-refractivity contribution is -0.157. The lowest BCUT2D eigenvalue weighted by atomic mass is 9.74. The molecule has 1 fully saturated rings. The van der Waals surface area contributed by atoms with E-state index in [0.717, 1.165) is 25.7 Å². The third kappa shape index (κ3) is 6.31. The van der Waals surface area contributed by atoms with Crippen LogP contribution in [0.25, 0.3) is 0 Å². The van der Waals surface area contributed by atoms with E-state index in [1.54, 1.807) is 0 Å². The van der Waals surface area contributed by atoms with E-state index < -0.39 is 35.7 Å². The number of hydrogen-bond acceptors (Lipinski definition) is 4. The van der Waals surface area contributed by atoms with Gasteiger partial charge in [-0.2, -0.15) is 0 Å². The van der Waals surface area contributed by atoms with E-state index in [1.807, 2.05) is 6.92 Å². The largest absolute Gasteiger partial charge is 0.481 e. The highest BCUT2D eigenvalue weighted by atomic mass is 16.4. The minimum atomic E-state index is -1.45. The van der Waals surface area contributed by atoms with Crippen LogP contribution in [-0.4, -0.2) is 44.3 Å². The molecule has 1 aliphatic carbocycles. The van der Waals surface area contributed by atoms with Crippen molar-refractivity contribution in [3.63, 3.8) is 0 Å². The summed E-state index contributed by atoms with van der Waals surface area (Å²) >= 11 is 0. The fraction of sp³-hybridized carbons (Fsp3) is 0.778. The van der Waals surface area contributed by atoms with Crippen molar-refractivity contribution < 1.29 is 39.6 Å². The van der Waals surface area contributed by atoms with Crippen LogP contribution >= 0.6 is 0 Å². The van der Waals surface area contributed by atoms with Gasteiger partial charge in [-0.3, -0.25) is 19.2 Å². The molecule has 0 radical (unpaired) electrons. The molecule has 1 saturated carbocycles. The Balaban J connectivity index is 2.81. The number of carboxylic acids is 4. The van der Waals surface area contributed by atoms with Crippen LogP contribution in [-0.2, 0) is 19.2 Å². The molecule has 1 aliphatic rings. The molecular formula is C18H28O8. The van der Waals surface area contributed by atoms with Crippen LogP contribution in [0.3, 0.4) is 0 Å². The zero-order chi connectivity index (χ0) is 19.9. The zero-order valence-electron chi connectivity index (χ0n) is 15.0. The Morgan fingerprint density at radius 2 is 1.19 bits per heavy atom. The first-order valence-corrected chi connectivity index (χ1v) is 9.06. The predicted octanol–water partition coefficient (Wildman–Crippen LogP) is 2.56. The van der Waals surface area contributed by atoms with Gasteiger partial charge in [0, 0.05) is 0 Å². The van der Waals surface area contributed by atoms with Crippen molar-refractivity contribution in [3.8, 4) is 0 Å². The third-order valence-corrected chi connectivity index (χ3v) is 5.63. The fourth-order valence-corrected chi connectivity index (χ4v) is 4.09. The average Bonchev–Trinajstić information content (AvgIpc) is 2.68. The number of carbonyl (C=O) groups is 4. The molecule has 1 rings (SSSR count). The summed E-state index contributed by atoms with van der Waals surface area (Å²) in [6, 6.07) is 0. The molecule has 3 atom stereocenters. The van der Waals surface area contributed by atoms with Crippen molar-refractivity contribution in [2.45, 2.75) is 58.3 Å². The van der Waals surface area contributed by atoms with E-state index in [1.165, 1.54) is 0 Å². The first-order chi connectivity index (χ1) is 12.1. The molecule has 0 heterocycles. The van der Waals surface area contributed by atoms with Crippen LogP contribution in [0.1, 0.15) is 58.3 Å². The fourth-order valence-electron chi connectivity index (χ4n) is 4.09. The van der Waals surface area contributed by atoms with Crippen molar-refractivity contribution in [2.75, 3.05) is 0 Å². The van der Waals surface area contributed by atoms with Crippen LogP contribution in [0.15, 0.2) is 0 Å². The van der Waals surface area contributed by atoms with Gasteiger partial charge in [0.1, 0.15) is 0 Å². The van der Waals surface area contributed by atoms with Gasteiger partial charge in [-0.25, -0.2) is 0 Å². The Labute approximate surface area is 152 Å². The van der Waals surface area contributed by atoms with Crippen molar-refractivity contribution in [1.82, 2.24) is 0 Å². The summed E-state index contributed by atoms with van der Waals surface area (Å²) in [5.74, 6) is -7.89. The Kier molecular flexibility index (Phi) is 8.54. The van der Waals surface area contributed by atoms with Gasteiger partial charge >= 0.3 is 23.9 Å². The molecule has 3 unspecified atom stereocenters. The van der Waals surface area contributed by atoms with Crippen molar-refractivity contribution in [1.29, 1.82) is 0 Å². The van der Waals surface area contributed by atoms with E-state index in [0.29, 0.717) is 12.8 Å². The molecule has 0 saturated heterocycles. The highest BCUT2D eigenvalue weighted by Crippen LogP contribution is 2.39. The average molecular weight is 372 g/mol. The molecule has 0 amide bonds. The van der Waals surface area contributed by atoms with Crippen molar-refractivity contribution in [2.24, 2.45) is 29.6 Å². The summed E-state index contributed by atoms with van der Waals surface area (Å²) in [5.41, 5.74) is 0. The quantitative estimate of drug-likeness (QED) is 0.337. The van der Waals surface area contributed by atoms with Crippen molar-refractivity contribution in [3.05, 3.63) is 0 Å². The maximum atomic E-state index is 11.1. The second-order valence-corrected chi connectivity index (χ2v) is 7.30. The minimum absolute atomic E-state index is 0.0253. The van der Waals surface area contributed by atoms with Gasteiger partial charge in [-0.1, -0.05) is 32.6 Å². The first-order valence-electron chi connectivity index (χ1n) is 9.06. The highest BCUT2D eigenvalue weighted by Gasteiger charge is 2.34. The Bertz CT molecular complexity index is 501. The highest BCUT2D eigenvalue weighted by molar-refractivity contribution is 5.93. The lowest BCUT2D eigenvalue weighted by Gasteiger charge is -2.30. The number of carboxylic acid groups (broad SMARTS) is 4. The van der Waals surface area contributed by atoms with Crippen LogP contribution in [0.2, 0.25) is 0 Å². The molecule has 4 N–H and O–H groups in total. The number of aliphatic carboxylic acids is 4. The van der Waals surface area contributed by atoms with E-state index in [-0.39, 0.29) is 30.6 Å². The van der Waals surface area contributed by atoms with Gasteiger partial charge in [-0.05, 0) is 43.4 Å². The van der Waals surface area contributed by atoms with Crippen LogP contribution in [0, 0.1) is 29.6 Å². The molecule has 0 spiro atoms. The SMILES string of the molecule is CC1CCCCC(CCC(C(=O)O)C(=O)O)C1CCC(C(=O)O)C(=O)O. The molecule has 0 aromatic carbocycles. The molecular weight excluding hydrogens is 344 g/mol. The summed E-state index contributed by atoms with van der Waals surface area (Å²) in [5, 5.41) is 36.2. The second-order valence-electron chi connectivity index (χ2n) is 7.30. The number of hydrogen-bond donors (Lipinski definition) is 4. The maximum absolute atomic E-state index is 11.1. The standard InChI is InChI=1S/C18H28O8/c1-10-4-2-3-5-11(6-7-13(15(19)20)16(21)22)12(10)8-9-14(17(23)24)18(25)26/h10-14H,2-9H2,1H3,(H,19,20)(H,21,22)(H,23,24)(H,25,26). The summed E-state index contributed by atoms with van der Waals surface area (Å²) in [7, 11) is 0. The lowest BCUT2D eigenvalue weighted by Crippen LogP contribution is -2.28. The Hall–Kier alpha value is -2.12. The van der Waals surface area contributed by atoms with Gasteiger partial charge < -0.3 is 20.4 Å².